The number of alkyl halides is 1. The summed E-state index contributed by atoms with van der Waals surface area (Å²) in [5.41, 5.74) is 1.23. The highest BCUT2D eigenvalue weighted by Gasteiger charge is 2.38. The van der Waals surface area contributed by atoms with Crippen molar-refractivity contribution in [2.45, 2.75) is 37.0 Å². The van der Waals surface area contributed by atoms with Crippen molar-refractivity contribution in [3.63, 3.8) is 0 Å². The van der Waals surface area contributed by atoms with E-state index in [1.807, 2.05) is 11.8 Å². The van der Waals surface area contributed by atoms with E-state index in [0.29, 0.717) is 5.88 Å². The third kappa shape index (κ3) is 2.30. The lowest BCUT2D eigenvalue weighted by Crippen LogP contribution is -2.54. The van der Waals surface area contributed by atoms with Crippen LogP contribution in [0.2, 0.25) is 0 Å². The Morgan fingerprint density at radius 3 is 2.94 bits per heavy atom. The van der Waals surface area contributed by atoms with Crippen molar-refractivity contribution in [3.05, 3.63) is 21.4 Å². The second-order valence-corrected chi connectivity index (χ2v) is 7.59. The first kappa shape index (κ1) is 12.8. The molecule has 2 aliphatic rings. The zero-order chi connectivity index (χ0) is 12.6. The molecule has 2 nitrogen and oxygen atoms in total. The van der Waals surface area contributed by atoms with Gasteiger partial charge in [0.1, 0.15) is 0 Å². The van der Waals surface area contributed by atoms with Crippen LogP contribution >= 0.6 is 34.7 Å². The fraction of sp³-hybridized carbons (Fsp3) is 0.615. The standard InChI is InChI=1S/C13H16ClNOS2/c14-8-13(3-1-4-13)15-12(16)11-6-9-7-17-5-2-10(9)18-11/h6H,1-5,7-8H2,(H,15,16). The molecule has 1 N–H and O–H groups in total. The summed E-state index contributed by atoms with van der Waals surface area (Å²) in [4.78, 5) is 14.5. The van der Waals surface area contributed by atoms with Gasteiger partial charge in [0, 0.05) is 16.5 Å². The van der Waals surface area contributed by atoms with Crippen LogP contribution in [-0.4, -0.2) is 23.1 Å². The van der Waals surface area contributed by atoms with Gasteiger partial charge in [-0.1, -0.05) is 0 Å². The predicted octanol–water partition coefficient (Wildman–Crippen LogP) is 3.43. The predicted molar refractivity (Wildman–Crippen MR) is 79.0 cm³/mol. The van der Waals surface area contributed by atoms with E-state index in [1.54, 1.807) is 11.3 Å². The van der Waals surface area contributed by atoms with Gasteiger partial charge in [0.05, 0.1) is 10.4 Å². The number of nitrogens with one attached hydrogen (secondary N) is 1. The Bertz CT molecular complexity index is 439. The molecular weight excluding hydrogens is 286 g/mol. The second kappa shape index (κ2) is 5.06. The molecule has 1 saturated carbocycles. The third-order valence-electron chi connectivity index (χ3n) is 3.80. The van der Waals surface area contributed by atoms with E-state index in [1.165, 1.54) is 22.6 Å². The smallest absolute Gasteiger partial charge is 0.261 e. The second-order valence-electron chi connectivity index (χ2n) is 5.08. The highest BCUT2D eigenvalue weighted by atomic mass is 35.5. The lowest BCUT2D eigenvalue weighted by Gasteiger charge is -2.40. The summed E-state index contributed by atoms with van der Waals surface area (Å²) < 4.78 is 0. The minimum Gasteiger partial charge on any atom is -0.345 e. The van der Waals surface area contributed by atoms with Crippen LogP contribution in [0.5, 0.6) is 0 Å². The van der Waals surface area contributed by atoms with Gasteiger partial charge >= 0.3 is 0 Å². The largest absolute Gasteiger partial charge is 0.345 e. The molecule has 0 radical (unpaired) electrons. The van der Waals surface area contributed by atoms with Crippen LogP contribution in [0.1, 0.15) is 39.4 Å². The van der Waals surface area contributed by atoms with E-state index in [-0.39, 0.29) is 11.4 Å². The molecular formula is C13H16ClNOS2. The molecule has 2 heterocycles. The number of amides is 1. The van der Waals surface area contributed by atoms with Crippen LogP contribution in [0.25, 0.3) is 0 Å². The molecule has 1 fully saturated rings. The molecule has 3 rings (SSSR count). The summed E-state index contributed by atoms with van der Waals surface area (Å²) in [6.07, 6.45) is 4.32. The molecule has 5 heteroatoms. The molecule has 0 saturated heterocycles. The Hall–Kier alpha value is -0.190. The number of thioether (sulfide) groups is 1. The molecule has 1 amide bonds. The fourth-order valence-electron chi connectivity index (χ4n) is 2.46. The van der Waals surface area contributed by atoms with Gasteiger partial charge in [0.15, 0.2) is 0 Å². The van der Waals surface area contributed by atoms with Crippen LogP contribution in [0.15, 0.2) is 6.07 Å². The number of hydrogen-bond acceptors (Lipinski definition) is 3. The minimum atomic E-state index is -0.127. The van der Waals surface area contributed by atoms with Gasteiger partial charge in [0.25, 0.3) is 5.91 Å². The van der Waals surface area contributed by atoms with Crippen molar-refractivity contribution in [2.24, 2.45) is 0 Å². The van der Waals surface area contributed by atoms with Gasteiger partial charge in [-0.25, -0.2) is 0 Å². The van der Waals surface area contributed by atoms with Crippen molar-refractivity contribution in [3.8, 4) is 0 Å². The molecule has 1 aromatic rings. The van der Waals surface area contributed by atoms with Crippen LogP contribution in [-0.2, 0) is 12.2 Å². The highest BCUT2D eigenvalue weighted by molar-refractivity contribution is 7.98. The van der Waals surface area contributed by atoms with E-state index in [4.69, 9.17) is 11.6 Å². The van der Waals surface area contributed by atoms with E-state index in [0.717, 1.165) is 29.9 Å². The average Bonchev–Trinajstić information content (AvgIpc) is 2.77. The topological polar surface area (TPSA) is 29.1 Å². The molecule has 1 aliphatic carbocycles. The number of aryl methyl sites for hydroxylation is 1. The zero-order valence-electron chi connectivity index (χ0n) is 10.1. The normalized spacial score (nSPS) is 20.9. The van der Waals surface area contributed by atoms with E-state index >= 15 is 0 Å². The number of halogens is 1. The SMILES string of the molecule is O=C(NC1(CCl)CCC1)c1cc2c(s1)CCSC2. The van der Waals surface area contributed by atoms with Gasteiger partial charge in [-0.2, -0.15) is 11.8 Å². The summed E-state index contributed by atoms with van der Waals surface area (Å²) >= 11 is 9.59. The molecule has 0 atom stereocenters. The first-order valence-corrected chi connectivity index (χ1v) is 8.81. The zero-order valence-corrected chi connectivity index (χ0v) is 12.5. The molecule has 98 valence electrons. The summed E-state index contributed by atoms with van der Waals surface area (Å²) in [6.45, 7) is 0. The Morgan fingerprint density at radius 1 is 1.50 bits per heavy atom. The summed E-state index contributed by atoms with van der Waals surface area (Å²) in [5, 5.41) is 3.14. The number of carbonyl (C=O) groups is 1. The number of hydrogen-bond donors (Lipinski definition) is 1. The van der Waals surface area contributed by atoms with Crippen molar-refractivity contribution in [2.75, 3.05) is 11.6 Å². The van der Waals surface area contributed by atoms with Crippen LogP contribution < -0.4 is 5.32 Å². The van der Waals surface area contributed by atoms with Gasteiger partial charge in [-0.3, -0.25) is 4.79 Å². The van der Waals surface area contributed by atoms with E-state index < -0.39 is 0 Å². The Balaban J connectivity index is 1.74. The molecule has 0 unspecified atom stereocenters. The lowest BCUT2D eigenvalue weighted by atomic mass is 9.78. The highest BCUT2D eigenvalue weighted by Crippen LogP contribution is 2.35. The first-order chi connectivity index (χ1) is 8.72. The van der Waals surface area contributed by atoms with Crippen LogP contribution in [0.4, 0.5) is 0 Å². The molecule has 0 bridgehead atoms. The van der Waals surface area contributed by atoms with Crippen molar-refractivity contribution in [1.29, 1.82) is 0 Å². The number of thiophene rings is 1. The summed E-state index contributed by atoms with van der Waals surface area (Å²) in [5.74, 6) is 2.83. The molecule has 1 aromatic heterocycles. The van der Waals surface area contributed by atoms with Crippen LogP contribution in [0, 0.1) is 0 Å². The quantitative estimate of drug-likeness (QED) is 0.867. The maximum Gasteiger partial charge on any atom is 0.261 e. The third-order valence-corrected chi connectivity index (χ3v) is 6.55. The van der Waals surface area contributed by atoms with Crippen molar-refractivity contribution >= 4 is 40.6 Å². The van der Waals surface area contributed by atoms with Gasteiger partial charge < -0.3 is 5.32 Å². The Morgan fingerprint density at radius 2 is 2.33 bits per heavy atom. The van der Waals surface area contributed by atoms with Crippen LogP contribution in [0.3, 0.4) is 0 Å². The van der Waals surface area contributed by atoms with E-state index in [9.17, 15) is 4.79 Å². The summed E-state index contributed by atoms with van der Waals surface area (Å²) in [7, 11) is 0. The minimum absolute atomic E-state index is 0.0692. The Labute approximate surface area is 120 Å². The van der Waals surface area contributed by atoms with Gasteiger partial charge in [-0.05, 0) is 43.1 Å². The first-order valence-electron chi connectivity index (χ1n) is 6.30. The van der Waals surface area contributed by atoms with Crippen molar-refractivity contribution in [1.82, 2.24) is 5.32 Å². The fourth-order valence-corrected chi connectivity index (χ4v) is 5.06. The molecule has 0 spiro atoms. The average molecular weight is 302 g/mol. The molecule has 0 aromatic carbocycles. The number of fused-ring (bicyclic) bond motifs is 1. The van der Waals surface area contributed by atoms with Gasteiger partial charge in [0.2, 0.25) is 0 Å². The maximum atomic E-state index is 12.3. The summed E-state index contributed by atoms with van der Waals surface area (Å²) in [6, 6.07) is 2.07. The van der Waals surface area contributed by atoms with Crippen molar-refractivity contribution < 1.29 is 4.79 Å². The monoisotopic (exact) mass is 301 g/mol. The maximum absolute atomic E-state index is 12.3. The molecule has 1 aliphatic heterocycles. The number of carbonyl (C=O) groups excluding carboxylic acids is 1. The molecule has 18 heavy (non-hydrogen) atoms. The Kier molecular flexibility index (Phi) is 3.61. The lowest BCUT2D eigenvalue weighted by molar-refractivity contribution is 0.0858. The number of rotatable bonds is 3. The van der Waals surface area contributed by atoms with E-state index in [2.05, 4.69) is 11.4 Å². The van der Waals surface area contributed by atoms with Gasteiger partial charge in [-0.15, -0.1) is 22.9 Å².